The van der Waals surface area contributed by atoms with Crippen molar-refractivity contribution in [2.75, 3.05) is 7.11 Å². The lowest BCUT2D eigenvalue weighted by molar-refractivity contribution is -0.153. The van der Waals surface area contributed by atoms with Gasteiger partial charge < -0.3 is 29.6 Å². The van der Waals surface area contributed by atoms with Gasteiger partial charge in [0.05, 0.1) is 19.1 Å². The van der Waals surface area contributed by atoms with Gasteiger partial charge in [-0.25, -0.2) is 9.59 Å². The van der Waals surface area contributed by atoms with E-state index < -0.39 is 67.4 Å². The molecule has 2 rings (SSSR count). The Labute approximate surface area is 209 Å². The number of hydrogen-bond acceptors (Lipinski definition) is 7. The lowest BCUT2D eigenvalue weighted by Crippen LogP contribution is -2.64. The zero-order valence-corrected chi connectivity index (χ0v) is 23.6. The second-order valence-electron chi connectivity index (χ2n) is 12.3. The first-order valence-corrected chi connectivity index (χ1v) is 15.0. The van der Waals surface area contributed by atoms with Crippen molar-refractivity contribution in [1.29, 1.82) is 0 Å². The number of fused-ring (bicyclic) bond motifs is 1. The van der Waals surface area contributed by atoms with Gasteiger partial charge in [0.1, 0.15) is 17.2 Å². The van der Waals surface area contributed by atoms with Crippen LogP contribution in [0.15, 0.2) is 0 Å². The Morgan fingerprint density at radius 1 is 1.09 bits per heavy atom. The number of hydrogen-bond donors (Lipinski definition) is 3. The van der Waals surface area contributed by atoms with E-state index in [1.807, 2.05) is 13.1 Å². The minimum atomic E-state index is -2.34. The molecule has 2 aliphatic carbocycles. The second-order valence-corrected chi connectivity index (χ2v) is 17.0. The molecule has 0 aromatic carbocycles. The van der Waals surface area contributed by atoms with Crippen molar-refractivity contribution in [3.8, 4) is 0 Å². The maximum Gasteiger partial charge on any atom is 0.408 e. The summed E-state index contributed by atoms with van der Waals surface area (Å²) < 4.78 is 16.8. The summed E-state index contributed by atoms with van der Waals surface area (Å²) in [6, 6.07) is -1.18. The van der Waals surface area contributed by atoms with Gasteiger partial charge >= 0.3 is 18.0 Å². The first-order valence-electron chi connectivity index (χ1n) is 12.1. The summed E-state index contributed by atoms with van der Waals surface area (Å²) >= 11 is 0. The molecule has 200 valence electrons. The van der Waals surface area contributed by atoms with Gasteiger partial charge in [0.2, 0.25) is 5.91 Å². The molecule has 0 spiro atoms. The molecule has 0 saturated heterocycles. The number of ether oxygens (including phenoxy) is 2. The average Bonchev–Trinajstić information content (AvgIpc) is 3.31. The molecule has 35 heavy (non-hydrogen) atoms. The van der Waals surface area contributed by atoms with Gasteiger partial charge in [0, 0.05) is 5.92 Å². The molecule has 2 fully saturated rings. The van der Waals surface area contributed by atoms with E-state index in [9.17, 15) is 24.3 Å². The Morgan fingerprint density at radius 2 is 1.66 bits per heavy atom. The smallest absolute Gasteiger partial charge is 0.408 e. The van der Waals surface area contributed by atoms with Gasteiger partial charge in [-0.3, -0.25) is 9.59 Å². The van der Waals surface area contributed by atoms with E-state index in [1.54, 1.807) is 27.7 Å². The van der Waals surface area contributed by atoms with Crippen LogP contribution in [0.5, 0.6) is 0 Å². The first kappa shape index (κ1) is 29.1. The van der Waals surface area contributed by atoms with E-state index in [1.165, 1.54) is 7.11 Å². The Balaban J connectivity index is 2.35. The summed E-state index contributed by atoms with van der Waals surface area (Å²) in [4.78, 5) is 50.8. The average molecular weight is 515 g/mol. The largest absolute Gasteiger partial charge is 0.481 e. The Kier molecular flexibility index (Phi) is 8.08. The summed E-state index contributed by atoms with van der Waals surface area (Å²) in [6.07, 6.45) is -0.794. The van der Waals surface area contributed by atoms with E-state index in [4.69, 9.17) is 13.9 Å². The van der Waals surface area contributed by atoms with Gasteiger partial charge in [-0.05, 0) is 64.6 Å². The molecular formula is C24H42N2O8Si. The van der Waals surface area contributed by atoms with Crippen LogP contribution >= 0.6 is 0 Å². The molecule has 2 amide bonds. The fourth-order valence-electron chi connectivity index (χ4n) is 4.76. The summed E-state index contributed by atoms with van der Waals surface area (Å²) in [5.74, 6) is -3.82. The molecule has 3 N–H and O–H groups in total. The molecule has 0 heterocycles. The number of aliphatic carboxylic acids is 1. The molecule has 0 bridgehead atoms. The second kappa shape index (κ2) is 9.72. The number of alkyl carbamates (subject to hydrolysis) is 1. The number of methoxy groups -OCH3 is 1. The van der Waals surface area contributed by atoms with Crippen molar-refractivity contribution in [3.05, 3.63) is 0 Å². The van der Waals surface area contributed by atoms with E-state index >= 15 is 0 Å². The van der Waals surface area contributed by atoms with E-state index in [-0.39, 0.29) is 17.4 Å². The maximum absolute atomic E-state index is 13.6. The molecule has 2 unspecified atom stereocenters. The normalized spacial score (nSPS) is 27.8. The first-order chi connectivity index (χ1) is 15.8. The molecule has 0 radical (unpaired) electrons. The number of rotatable bonds is 8. The predicted octanol–water partition coefficient (Wildman–Crippen LogP) is 3.06. The summed E-state index contributed by atoms with van der Waals surface area (Å²) in [5.41, 5.74) is -2.26. The maximum atomic E-state index is 13.6. The minimum absolute atomic E-state index is 0.150. The Bertz CT molecular complexity index is 863. The van der Waals surface area contributed by atoms with Crippen molar-refractivity contribution in [2.45, 2.75) is 103 Å². The topological polar surface area (TPSA) is 140 Å². The number of carboxylic acids is 1. The van der Waals surface area contributed by atoms with Gasteiger partial charge in [-0.2, -0.15) is 0 Å². The number of carboxylic acid groups (broad SMARTS) is 1. The van der Waals surface area contributed by atoms with Gasteiger partial charge in [0.25, 0.3) is 0 Å². The quantitative estimate of drug-likeness (QED) is 0.332. The predicted molar refractivity (Wildman–Crippen MR) is 131 cm³/mol. The summed E-state index contributed by atoms with van der Waals surface area (Å²) in [7, 11) is -1.13. The van der Waals surface area contributed by atoms with Crippen LogP contribution < -0.4 is 10.6 Å². The zero-order valence-electron chi connectivity index (χ0n) is 22.6. The highest BCUT2D eigenvalue weighted by Crippen LogP contribution is 2.62. The van der Waals surface area contributed by atoms with Crippen LogP contribution in [0.2, 0.25) is 18.1 Å². The fraction of sp³-hybridized carbons (Fsp3) is 0.833. The lowest BCUT2D eigenvalue weighted by Gasteiger charge is -2.41. The third-order valence-corrected chi connectivity index (χ3v) is 12.1. The van der Waals surface area contributed by atoms with Gasteiger partial charge in [-0.15, -0.1) is 0 Å². The van der Waals surface area contributed by atoms with Crippen LogP contribution in [-0.2, 0) is 28.3 Å². The van der Waals surface area contributed by atoms with Crippen LogP contribution in [0.4, 0.5) is 4.79 Å². The number of esters is 1. The number of amides is 2. The fourth-order valence-corrected chi connectivity index (χ4v) is 6.18. The Morgan fingerprint density at radius 3 is 2.09 bits per heavy atom. The van der Waals surface area contributed by atoms with Gasteiger partial charge in [0.15, 0.2) is 8.32 Å². The number of carbonyl (C=O) groups is 4. The zero-order chi connectivity index (χ0) is 27.1. The molecule has 0 aromatic heterocycles. The third-order valence-electron chi connectivity index (χ3n) is 7.50. The number of nitrogens with one attached hydrogen (secondary N) is 2. The molecule has 2 aliphatic rings. The van der Waals surface area contributed by atoms with Crippen LogP contribution in [0.3, 0.4) is 0 Å². The number of carbonyl (C=O) groups excluding carboxylic acids is 3. The van der Waals surface area contributed by atoms with Crippen molar-refractivity contribution in [3.63, 3.8) is 0 Å². The lowest BCUT2D eigenvalue weighted by atomic mass is 9.89. The Hall–Kier alpha value is -2.14. The standard InChI is InChI=1S/C24H42N2O8Si/c1-13(34-35(9,10)23(5,6)7)17(25-21(31)33-22(2,3)4)18(27)26-24(20(30)32-8)12-11-14-15(16(14)24)19(28)29/h13-17H,11-12H2,1-10H3,(H,25,31)(H,26,27)(H,28,29)/t13?,14-,15-,16-,17?,24-/m0/s1. The van der Waals surface area contributed by atoms with E-state index in [2.05, 4.69) is 31.4 Å². The third kappa shape index (κ3) is 6.17. The van der Waals surface area contributed by atoms with Crippen molar-refractivity contribution in [1.82, 2.24) is 10.6 Å². The molecule has 0 aliphatic heterocycles. The monoisotopic (exact) mass is 514 g/mol. The van der Waals surface area contributed by atoms with Crippen LogP contribution in [-0.4, -0.2) is 67.8 Å². The highest BCUT2D eigenvalue weighted by molar-refractivity contribution is 6.74. The molecule has 0 aromatic rings. The van der Waals surface area contributed by atoms with Crippen molar-refractivity contribution < 1.29 is 38.2 Å². The van der Waals surface area contributed by atoms with E-state index in [0.29, 0.717) is 6.42 Å². The van der Waals surface area contributed by atoms with Gasteiger partial charge in [-0.1, -0.05) is 20.8 Å². The minimum Gasteiger partial charge on any atom is -0.481 e. The molecule has 10 nitrogen and oxygen atoms in total. The summed E-state index contributed by atoms with van der Waals surface area (Å²) in [5, 5.41) is 14.8. The van der Waals surface area contributed by atoms with Crippen LogP contribution in [0.25, 0.3) is 0 Å². The van der Waals surface area contributed by atoms with Crippen molar-refractivity contribution in [2.24, 2.45) is 17.8 Å². The summed E-state index contributed by atoms with van der Waals surface area (Å²) in [6.45, 7) is 17.1. The van der Waals surface area contributed by atoms with Crippen LogP contribution in [0.1, 0.15) is 61.3 Å². The molecule has 2 saturated carbocycles. The van der Waals surface area contributed by atoms with Crippen molar-refractivity contribution >= 4 is 32.3 Å². The SMILES string of the molecule is COC(=O)[C@]1(NC(=O)C(NC(=O)OC(C)(C)C)C(C)O[Si](C)(C)C(C)(C)C)CC[C@H]2[C@H](C(=O)O)[C@H]21. The van der Waals surface area contributed by atoms with Crippen LogP contribution in [0, 0.1) is 17.8 Å². The molecular weight excluding hydrogens is 472 g/mol. The molecule has 11 heteroatoms. The molecule has 6 atom stereocenters. The highest BCUT2D eigenvalue weighted by atomic mass is 28.4. The highest BCUT2D eigenvalue weighted by Gasteiger charge is 2.72. The van der Waals surface area contributed by atoms with E-state index in [0.717, 1.165) is 0 Å².